The quantitative estimate of drug-likeness (QED) is 0.888. The molecule has 17 heavy (non-hydrogen) atoms. The van der Waals surface area contributed by atoms with Gasteiger partial charge < -0.3 is 5.43 Å². The number of hydrogen-bond acceptors (Lipinski definition) is 2. The maximum atomic E-state index is 6.32. The van der Waals surface area contributed by atoms with Crippen molar-refractivity contribution >= 4 is 11.6 Å². The van der Waals surface area contributed by atoms with Crippen molar-refractivity contribution in [3.63, 3.8) is 0 Å². The first-order chi connectivity index (χ1) is 8.26. The Hall–Kier alpha value is -1.42. The molecular weight excluding hydrogens is 236 g/mol. The molecule has 0 bridgehead atoms. The highest BCUT2D eigenvalue weighted by molar-refractivity contribution is 6.31. The summed E-state index contributed by atoms with van der Waals surface area (Å²) in [5, 5.41) is 5.27. The average Bonchev–Trinajstić information content (AvgIpc) is 2.94. The van der Waals surface area contributed by atoms with Gasteiger partial charge in [0.05, 0.1) is 23.0 Å². The Morgan fingerprint density at radius 1 is 1.29 bits per heavy atom. The Bertz CT molecular complexity index is 473. The predicted molar refractivity (Wildman–Crippen MR) is 69.8 cm³/mol. The SMILES string of the molecule is CCc1nn(CC)c(CNn2cccc2)c1Cl. The van der Waals surface area contributed by atoms with E-state index in [4.69, 9.17) is 11.6 Å². The summed E-state index contributed by atoms with van der Waals surface area (Å²) in [7, 11) is 0. The molecule has 0 aliphatic heterocycles. The second-order valence-corrected chi connectivity index (χ2v) is 4.18. The third-order valence-corrected chi connectivity index (χ3v) is 3.16. The Labute approximate surface area is 106 Å². The fraction of sp³-hybridized carbons (Fsp3) is 0.417. The Morgan fingerprint density at radius 3 is 2.59 bits per heavy atom. The lowest BCUT2D eigenvalue weighted by Gasteiger charge is -2.09. The summed E-state index contributed by atoms with van der Waals surface area (Å²) in [6.07, 6.45) is 4.78. The van der Waals surface area contributed by atoms with Crippen molar-refractivity contribution in [2.75, 3.05) is 5.43 Å². The van der Waals surface area contributed by atoms with E-state index in [2.05, 4.69) is 24.4 Å². The lowest BCUT2D eigenvalue weighted by atomic mass is 10.3. The zero-order valence-electron chi connectivity index (χ0n) is 10.2. The van der Waals surface area contributed by atoms with Crippen LogP contribution in [0.25, 0.3) is 0 Å². The number of nitrogens with one attached hydrogen (secondary N) is 1. The van der Waals surface area contributed by atoms with Gasteiger partial charge in [-0.3, -0.25) is 9.36 Å². The van der Waals surface area contributed by atoms with Crippen LogP contribution < -0.4 is 5.43 Å². The maximum Gasteiger partial charge on any atom is 0.0868 e. The molecule has 92 valence electrons. The van der Waals surface area contributed by atoms with Crippen LogP contribution in [0.2, 0.25) is 5.02 Å². The van der Waals surface area contributed by atoms with E-state index in [1.54, 1.807) is 0 Å². The average molecular weight is 253 g/mol. The standard InChI is InChI=1S/C12H17ClN4/c1-3-10-12(13)11(17(4-2)15-10)9-14-16-7-5-6-8-16/h5-8,14H,3-4,9H2,1-2H3. The second kappa shape index (κ2) is 5.27. The van der Waals surface area contributed by atoms with Crippen molar-refractivity contribution in [3.05, 3.63) is 40.9 Å². The second-order valence-electron chi connectivity index (χ2n) is 3.80. The van der Waals surface area contributed by atoms with Crippen LogP contribution in [0.4, 0.5) is 0 Å². The Balaban J connectivity index is 2.16. The number of hydrogen-bond donors (Lipinski definition) is 1. The van der Waals surface area contributed by atoms with E-state index in [9.17, 15) is 0 Å². The molecule has 5 heteroatoms. The van der Waals surface area contributed by atoms with Crippen LogP contribution in [0.5, 0.6) is 0 Å². The summed E-state index contributed by atoms with van der Waals surface area (Å²) in [6, 6.07) is 3.95. The molecule has 0 atom stereocenters. The van der Waals surface area contributed by atoms with E-state index in [0.717, 1.165) is 29.4 Å². The maximum absolute atomic E-state index is 6.32. The van der Waals surface area contributed by atoms with Crippen molar-refractivity contribution in [2.45, 2.75) is 33.4 Å². The molecule has 0 unspecified atom stereocenters. The first kappa shape index (κ1) is 12.0. The van der Waals surface area contributed by atoms with Gasteiger partial charge in [0.25, 0.3) is 0 Å². The molecule has 0 radical (unpaired) electrons. The van der Waals surface area contributed by atoms with E-state index in [-0.39, 0.29) is 0 Å². The predicted octanol–water partition coefficient (Wildman–Crippen LogP) is 2.66. The minimum atomic E-state index is 0.675. The van der Waals surface area contributed by atoms with Crippen LogP contribution in [0.1, 0.15) is 25.2 Å². The van der Waals surface area contributed by atoms with E-state index in [1.165, 1.54) is 0 Å². The first-order valence-corrected chi connectivity index (χ1v) is 6.25. The highest BCUT2D eigenvalue weighted by Gasteiger charge is 2.13. The molecule has 2 aromatic heterocycles. The summed E-state index contributed by atoms with van der Waals surface area (Å²) in [5.74, 6) is 0. The molecule has 0 saturated carbocycles. The van der Waals surface area contributed by atoms with Crippen molar-refractivity contribution in [2.24, 2.45) is 0 Å². The molecule has 2 heterocycles. The van der Waals surface area contributed by atoms with Gasteiger partial charge in [-0.15, -0.1) is 0 Å². The summed E-state index contributed by atoms with van der Waals surface area (Å²) in [4.78, 5) is 0. The minimum Gasteiger partial charge on any atom is -0.320 e. The molecule has 2 rings (SSSR count). The van der Waals surface area contributed by atoms with Gasteiger partial charge in [0.1, 0.15) is 0 Å². The van der Waals surface area contributed by atoms with Crippen LogP contribution in [0, 0.1) is 0 Å². The molecule has 0 aliphatic rings. The molecule has 0 saturated heterocycles. The Kier molecular flexibility index (Phi) is 3.74. The summed E-state index contributed by atoms with van der Waals surface area (Å²) in [5.41, 5.74) is 5.28. The summed E-state index contributed by atoms with van der Waals surface area (Å²) >= 11 is 6.32. The topological polar surface area (TPSA) is 34.8 Å². The number of nitrogens with zero attached hydrogens (tertiary/aromatic N) is 3. The zero-order valence-corrected chi connectivity index (χ0v) is 10.9. The van der Waals surface area contributed by atoms with E-state index in [0.29, 0.717) is 6.54 Å². The molecule has 0 amide bonds. The smallest absolute Gasteiger partial charge is 0.0868 e. The summed E-state index contributed by atoms with van der Waals surface area (Å²) in [6.45, 7) is 5.65. The van der Waals surface area contributed by atoms with Gasteiger partial charge in [0.2, 0.25) is 0 Å². The van der Waals surface area contributed by atoms with Crippen LogP contribution in [-0.2, 0) is 19.5 Å². The van der Waals surface area contributed by atoms with E-state index < -0.39 is 0 Å². The van der Waals surface area contributed by atoms with Gasteiger partial charge >= 0.3 is 0 Å². The first-order valence-electron chi connectivity index (χ1n) is 5.87. The van der Waals surface area contributed by atoms with Crippen molar-refractivity contribution in [3.8, 4) is 0 Å². The fourth-order valence-electron chi connectivity index (χ4n) is 1.79. The van der Waals surface area contributed by atoms with Gasteiger partial charge in [-0.2, -0.15) is 5.10 Å². The van der Waals surface area contributed by atoms with Crippen LogP contribution >= 0.6 is 11.6 Å². The lowest BCUT2D eigenvalue weighted by Crippen LogP contribution is -2.15. The van der Waals surface area contributed by atoms with Crippen LogP contribution in [0.15, 0.2) is 24.5 Å². The molecular formula is C12H17ClN4. The number of halogens is 1. The van der Waals surface area contributed by atoms with Crippen molar-refractivity contribution < 1.29 is 0 Å². The largest absolute Gasteiger partial charge is 0.320 e. The summed E-state index contributed by atoms with van der Waals surface area (Å²) < 4.78 is 3.87. The van der Waals surface area contributed by atoms with Gasteiger partial charge in [0.15, 0.2) is 0 Å². The normalized spacial score (nSPS) is 10.8. The molecule has 0 spiro atoms. The number of aryl methyl sites for hydroxylation is 2. The van der Waals surface area contributed by atoms with Gasteiger partial charge in [-0.25, -0.2) is 0 Å². The number of rotatable bonds is 5. The van der Waals surface area contributed by atoms with Crippen LogP contribution in [-0.4, -0.2) is 14.5 Å². The molecule has 4 nitrogen and oxygen atoms in total. The molecule has 0 fully saturated rings. The van der Waals surface area contributed by atoms with E-state index in [1.807, 2.05) is 33.9 Å². The number of aromatic nitrogens is 3. The third kappa shape index (κ3) is 2.47. The third-order valence-electron chi connectivity index (χ3n) is 2.73. The van der Waals surface area contributed by atoms with E-state index >= 15 is 0 Å². The van der Waals surface area contributed by atoms with Gasteiger partial charge in [-0.05, 0) is 25.5 Å². The zero-order chi connectivity index (χ0) is 12.3. The lowest BCUT2D eigenvalue weighted by molar-refractivity contribution is 0.611. The molecule has 0 aromatic carbocycles. The minimum absolute atomic E-state index is 0.675. The fourth-order valence-corrected chi connectivity index (χ4v) is 2.13. The highest BCUT2D eigenvalue weighted by Crippen LogP contribution is 2.21. The van der Waals surface area contributed by atoms with Crippen molar-refractivity contribution in [1.29, 1.82) is 0 Å². The Morgan fingerprint density at radius 2 is 2.00 bits per heavy atom. The van der Waals surface area contributed by atoms with Crippen molar-refractivity contribution in [1.82, 2.24) is 14.5 Å². The molecule has 1 N–H and O–H groups in total. The monoisotopic (exact) mass is 252 g/mol. The van der Waals surface area contributed by atoms with Gasteiger partial charge in [0, 0.05) is 18.9 Å². The van der Waals surface area contributed by atoms with Crippen LogP contribution in [0.3, 0.4) is 0 Å². The molecule has 0 aliphatic carbocycles. The molecule has 2 aromatic rings. The van der Waals surface area contributed by atoms with Gasteiger partial charge in [-0.1, -0.05) is 18.5 Å². The highest BCUT2D eigenvalue weighted by atomic mass is 35.5.